The maximum Gasteiger partial charge on any atom is 0.407 e. The number of carbonyl (C=O) groups is 3. The first-order valence-corrected chi connectivity index (χ1v) is 7.39. The molecule has 0 aromatic carbocycles. The van der Waals surface area contributed by atoms with E-state index in [-0.39, 0.29) is 18.4 Å². The first-order chi connectivity index (χ1) is 9.79. The zero-order valence-corrected chi connectivity index (χ0v) is 12.7. The summed E-state index contributed by atoms with van der Waals surface area (Å²) in [6.45, 7) is 5.76. The predicted molar refractivity (Wildman–Crippen MR) is 75.6 cm³/mol. The number of hydrogen-bond donors (Lipinski definition) is 3. The van der Waals surface area contributed by atoms with Gasteiger partial charge in [-0.25, -0.2) is 9.59 Å². The number of hydrogen-bond acceptors (Lipinski definition) is 4. The van der Waals surface area contributed by atoms with Crippen molar-refractivity contribution in [2.24, 2.45) is 5.92 Å². The first kappa shape index (κ1) is 15.6. The van der Waals surface area contributed by atoms with Crippen LogP contribution in [0.15, 0.2) is 0 Å². The summed E-state index contributed by atoms with van der Waals surface area (Å²) in [5.74, 6) is -0.295. The molecular formula is C14H23N3O4. The summed E-state index contributed by atoms with van der Waals surface area (Å²) in [5.41, 5.74) is -1.57. The lowest BCUT2D eigenvalue weighted by Crippen LogP contribution is -2.57. The summed E-state index contributed by atoms with van der Waals surface area (Å²) in [6.07, 6.45) is 2.83. The molecule has 0 spiro atoms. The van der Waals surface area contributed by atoms with E-state index in [2.05, 4.69) is 16.0 Å². The highest BCUT2D eigenvalue weighted by Gasteiger charge is 2.56. The molecule has 2 aliphatic rings. The monoisotopic (exact) mass is 297 g/mol. The molecule has 1 aliphatic carbocycles. The van der Waals surface area contributed by atoms with Gasteiger partial charge in [-0.05, 0) is 39.0 Å². The molecule has 21 heavy (non-hydrogen) atoms. The Morgan fingerprint density at radius 2 is 2.10 bits per heavy atom. The van der Waals surface area contributed by atoms with Crippen LogP contribution in [0, 0.1) is 5.92 Å². The molecule has 1 atom stereocenters. The number of ether oxygens (including phenoxy) is 1. The largest absolute Gasteiger partial charge is 0.444 e. The molecule has 3 N–H and O–H groups in total. The fourth-order valence-electron chi connectivity index (χ4n) is 2.79. The molecule has 0 radical (unpaired) electrons. The van der Waals surface area contributed by atoms with Crippen LogP contribution in [-0.2, 0) is 9.53 Å². The second kappa shape index (κ2) is 5.54. The normalized spacial score (nSPS) is 25.3. The fraction of sp³-hybridized carbons (Fsp3) is 0.786. The standard InChI is InChI=1S/C14H23N3O4/c1-4-7-13(2,3)21-12(20)15-8-14(9-5-6-9)10(18)16-11(19)17-14/h9H,4-8H2,1-3H3,(H,15,20)(H2,16,17,18,19)/t14-/m0/s1. The molecule has 0 unspecified atom stereocenters. The minimum absolute atomic E-state index is 0.0519. The van der Waals surface area contributed by atoms with Gasteiger partial charge >= 0.3 is 12.1 Å². The summed E-state index contributed by atoms with van der Waals surface area (Å²) >= 11 is 0. The molecule has 2 rings (SSSR count). The SMILES string of the molecule is CCCC(C)(C)OC(=O)NC[C@@]1(C2CC2)NC(=O)NC1=O. The van der Waals surface area contributed by atoms with Crippen molar-refractivity contribution in [3.8, 4) is 0 Å². The summed E-state index contributed by atoms with van der Waals surface area (Å²) in [5, 5.41) is 7.51. The van der Waals surface area contributed by atoms with Crippen LogP contribution in [0.25, 0.3) is 0 Å². The van der Waals surface area contributed by atoms with Gasteiger partial charge in [0.05, 0.1) is 6.54 Å². The Labute approximate surface area is 124 Å². The molecule has 0 bridgehead atoms. The molecule has 7 heteroatoms. The van der Waals surface area contributed by atoms with Crippen molar-refractivity contribution in [2.45, 2.75) is 57.6 Å². The Balaban J connectivity index is 1.93. The van der Waals surface area contributed by atoms with Gasteiger partial charge in [-0.15, -0.1) is 0 Å². The lowest BCUT2D eigenvalue weighted by molar-refractivity contribution is -0.124. The second-order valence-corrected chi connectivity index (χ2v) is 6.41. The third-order valence-electron chi connectivity index (χ3n) is 3.98. The molecule has 118 valence electrons. The van der Waals surface area contributed by atoms with Crippen LogP contribution in [-0.4, -0.2) is 35.7 Å². The van der Waals surface area contributed by atoms with E-state index in [1.807, 2.05) is 20.8 Å². The van der Waals surface area contributed by atoms with Gasteiger partial charge in [-0.3, -0.25) is 10.1 Å². The van der Waals surface area contributed by atoms with E-state index >= 15 is 0 Å². The van der Waals surface area contributed by atoms with E-state index in [0.717, 1.165) is 25.7 Å². The van der Waals surface area contributed by atoms with Crippen LogP contribution < -0.4 is 16.0 Å². The lowest BCUT2D eigenvalue weighted by atomic mass is 9.93. The predicted octanol–water partition coefficient (Wildman–Crippen LogP) is 1.28. The number of urea groups is 1. The van der Waals surface area contributed by atoms with Crippen LogP contribution in [0.1, 0.15) is 46.5 Å². The van der Waals surface area contributed by atoms with Crippen LogP contribution >= 0.6 is 0 Å². The van der Waals surface area contributed by atoms with Gasteiger partial charge in [0, 0.05) is 0 Å². The van der Waals surface area contributed by atoms with Crippen molar-refractivity contribution >= 4 is 18.0 Å². The minimum Gasteiger partial charge on any atom is -0.444 e. The molecule has 1 saturated carbocycles. The number of imide groups is 1. The van der Waals surface area contributed by atoms with E-state index in [9.17, 15) is 14.4 Å². The van der Waals surface area contributed by atoms with Crippen molar-refractivity contribution in [1.82, 2.24) is 16.0 Å². The van der Waals surface area contributed by atoms with Crippen molar-refractivity contribution in [2.75, 3.05) is 6.54 Å². The highest BCUT2D eigenvalue weighted by molar-refractivity contribution is 6.07. The van der Waals surface area contributed by atoms with Crippen molar-refractivity contribution in [1.29, 1.82) is 0 Å². The summed E-state index contributed by atoms with van der Waals surface area (Å²) in [7, 11) is 0. The molecule has 1 saturated heterocycles. The van der Waals surface area contributed by atoms with Gasteiger partial charge in [-0.1, -0.05) is 13.3 Å². The van der Waals surface area contributed by atoms with E-state index in [4.69, 9.17) is 4.74 Å². The van der Waals surface area contributed by atoms with Crippen LogP contribution in [0.4, 0.5) is 9.59 Å². The smallest absolute Gasteiger partial charge is 0.407 e. The second-order valence-electron chi connectivity index (χ2n) is 6.41. The number of alkyl carbamates (subject to hydrolysis) is 1. The van der Waals surface area contributed by atoms with Gasteiger partial charge < -0.3 is 15.4 Å². The number of nitrogens with one attached hydrogen (secondary N) is 3. The van der Waals surface area contributed by atoms with Crippen molar-refractivity contribution in [3.05, 3.63) is 0 Å². The Bertz CT molecular complexity index is 459. The topological polar surface area (TPSA) is 96.5 Å². The first-order valence-electron chi connectivity index (χ1n) is 7.39. The van der Waals surface area contributed by atoms with E-state index in [1.165, 1.54) is 0 Å². The van der Waals surface area contributed by atoms with Crippen molar-refractivity contribution < 1.29 is 19.1 Å². The maximum absolute atomic E-state index is 12.0. The van der Waals surface area contributed by atoms with Crippen LogP contribution in [0.2, 0.25) is 0 Å². The van der Waals surface area contributed by atoms with Gasteiger partial charge in [0.1, 0.15) is 11.1 Å². The van der Waals surface area contributed by atoms with E-state index in [1.54, 1.807) is 0 Å². The average molecular weight is 297 g/mol. The Morgan fingerprint density at radius 3 is 2.57 bits per heavy atom. The third-order valence-corrected chi connectivity index (χ3v) is 3.98. The molecular weight excluding hydrogens is 274 g/mol. The van der Waals surface area contributed by atoms with Gasteiger partial charge in [0.2, 0.25) is 0 Å². The maximum atomic E-state index is 12.0. The van der Waals surface area contributed by atoms with Gasteiger partial charge in [-0.2, -0.15) is 0 Å². The average Bonchev–Trinajstić information content (AvgIpc) is 3.14. The third kappa shape index (κ3) is 3.46. The molecule has 0 aromatic rings. The lowest BCUT2D eigenvalue weighted by Gasteiger charge is -2.28. The zero-order valence-electron chi connectivity index (χ0n) is 12.7. The highest BCUT2D eigenvalue weighted by atomic mass is 16.6. The molecule has 1 aliphatic heterocycles. The van der Waals surface area contributed by atoms with Crippen LogP contribution in [0.5, 0.6) is 0 Å². The summed E-state index contributed by atoms with van der Waals surface area (Å²) in [6, 6.07) is -0.506. The highest BCUT2D eigenvalue weighted by Crippen LogP contribution is 2.41. The number of rotatable bonds is 6. The quantitative estimate of drug-likeness (QED) is 0.643. The zero-order chi connectivity index (χ0) is 15.7. The molecule has 1 heterocycles. The van der Waals surface area contributed by atoms with E-state index in [0.29, 0.717) is 0 Å². The number of carbonyl (C=O) groups excluding carboxylic acids is 3. The summed E-state index contributed by atoms with van der Waals surface area (Å²) < 4.78 is 5.35. The molecule has 2 fully saturated rings. The van der Waals surface area contributed by atoms with Gasteiger partial charge in [0.25, 0.3) is 5.91 Å². The molecule has 7 nitrogen and oxygen atoms in total. The number of amides is 4. The Kier molecular flexibility index (Phi) is 4.11. The fourth-order valence-corrected chi connectivity index (χ4v) is 2.79. The van der Waals surface area contributed by atoms with E-state index < -0.39 is 23.3 Å². The summed E-state index contributed by atoms with van der Waals surface area (Å²) in [4.78, 5) is 35.3. The molecule has 0 aromatic heterocycles. The van der Waals surface area contributed by atoms with Gasteiger partial charge in [0.15, 0.2) is 0 Å². The van der Waals surface area contributed by atoms with Crippen LogP contribution in [0.3, 0.4) is 0 Å². The molecule has 4 amide bonds. The Hall–Kier alpha value is -1.79. The minimum atomic E-state index is -1.02. The Morgan fingerprint density at radius 1 is 1.43 bits per heavy atom. The van der Waals surface area contributed by atoms with Crippen molar-refractivity contribution in [3.63, 3.8) is 0 Å².